The molecule has 0 spiro atoms. The Balaban J connectivity index is 1.27. The van der Waals surface area contributed by atoms with Crippen molar-refractivity contribution in [3.05, 3.63) is 16.1 Å². The highest BCUT2D eigenvalue weighted by atomic mass is 32.1. The van der Waals surface area contributed by atoms with E-state index in [9.17, 15) is 9.18 Å². The first-order valence-corrected chi connectivity index (χ1v) is 10.6. The molecule has 1 aliphatic carbocycles. The Labute approximate surface area is 153 Å². The number of alkyl halides is 1. The van der Waals surface area contributed by atoms with Gasteiger partial charge in [0.1, 0.15) is 0 Å². The molecule has 1 amide bonds. The molecule has 1 aromatic heterocycles. The zero-order valence-corrected chi connectivity index (χ0v) is 15.6. The fraction of sp³-hybridized carbons (Fsp3) is 0.789. The number of hydrogen-bond donors (Lipinski definition) is 0. The summed E-state index contributed by atoms with van der Waals surface area (Å²) in [5, 5.41) is 3.57. The van der Waals surface area contributed by atoms with Crippen molar-refractivity contribution >= 4 is 17.2 Å². The first kappa shape index (κ1) is 17.4. The molecule has 2 saturated heterocycles. The number of piperidine rings is 1. The number of amides is 1. The van der Waals surface area contributed by atoms with Gasteiger partial charge >= 0.3 is 0 Å². The Morgan fingerprint density at radius 1 is 1.20 bits per heavy atom. The molecule has 1 unspecified atom stereocenters. The summed E-state index contributed by atoms with van der Waals surface area (Å²) in [5.41, 5.74) is 1.21. The second-order valence-electron chi connectivity index (χ2n) is 7.94. The summed E-state index contributed by atoms with van der Waals surface area (Å²) in [6, 6.07) is 0.310. The molecule has 3 heterocycles. The fourth-order valence-corrected chi connectivity index (χ4v) is 5.62. The largest absolute Gasteiger partial charge is 0.339 e. The number of halogens is 1. The van der Waals surface area contributed by atoms with Crippen LogP contribution in [0, 0.1) is 5.92 Å². The zero-order valence-electron chi connectivity index (χ0n) is 14.8. The summed E-state index contributed by atoms with van der Waals surface area (Å²) >= 11 is 1.83. The Morgan fingerprint density at radius 3 is 2.64 bits per heavy atom. The number of hydrogen-bond acceptors (Lipinski definition) is 4. The molecule has 6 heteroatoms. The van der Waals surface area contributed by atoms with Gasteiger partial charge in [-0.1, -0.05) is 12.8 Å². The van der Waals surface area contributed by atoms with Gasteiger partial charge in [-0.15, -0.1) is 11.3 Å². The normalized spacial score (nSPS) is 26.8. The van der Waals surface area contributed by atoms with E-state index in [0.717, 1.165) is 32.5 Å². The molecule has 138 valence electrons. The van der Waals surface area contributed by atoms with Gasteiger partial charge in [-0.2, -0.15) is 0 Å². The van der Waals surface area contributed by atoms with Crippen molar-refractivity contribution in [1.82, 2.24) is 14.8 Å². The number of carbonyl (C=O) groups is 1. The van der Waals surface area contributed by atoms with Gasteiger partial charge in [0.05, 0.1) is 17.4 Å². The molecule has 1 saturated carbocycles. The van der Waals surface area contributed by atoms with Crippen molar-refractivity contribution in [2.24, 2.45) is 5.92 Å². The lowest BCUT2D eigenvalue weighted by molar-refractivity contribution is -0.130. The fourth-order valence-electron chi connectivity index (χ4n) is 4.64. The highest BCUT2D eigenvalue weighted by Gasteiger charge is 2.35. The van der Waals surface area contributed by atoms with Crippen LogP contribution in [0.5, 0.6) is 0 Å². The summed E-state index contributed by atoms with van der Waals surface area (Å²) in [5.74, 6) is 0.783. The lowest BCUT2D eigenvalue weighted by Gasteiger charge is -2.36. The first-order chi connectivity index (χ1) is 12.2. The molecular weight excluding hydrogens is 337 g/mol. The third-order valence-corrected chi connectivity index (χ3v) is 7.17. The second kappa shape index (κ2) is 7.70. The van der Waals surface area contributed by atoms with Crippen molar-refractivity contribution in [1.29, 1.82) is 0 Å². The SMILES string of the molecule is O=C1CC(CF)CN1C1CCN(Cc2csc(C3CCCC3)n2)CC1. The van der Waals surface area contributed by atoms with Gasteiger partial charge in [0.2, 0.25) is 5.91 Å². The van der Waals surface area contributed by atoms with E-state index in [1.807, 2.05) is 16.2 Å². The van der Waals surface area contributed by atoms with Gasteiger partial charge in [0.25, 0.3) is 0 Å². The quantitative estimate of drug-likeness (QED) is 0.800. The number of likely N-dealkylation sites (tertiary alicyclic amines) is 2. The zero-order chi connectivity index (χ0) is 17.2. The summed E-state index contributed by atoms with van der Waals surface area (Å²) in [7, 11) is 0. The monoisotopic (exact) mass is 365 g/mol. The minimum atomic E-state index is -0.367. The molecule has 1 aromatic rings. The van der Waals surface area contributed by atoms with Crippen LogP contribution in [0.2, 0.25) is 0 Å². The second-order valence-corrected chi connectivity index (χ2v) is 8.83. The van der Waals surface area contributed by atoms with Gasteiger partial charge in [-0.3, -0.25) is 14.1 Å². The van der Waals surface area contributed by atoms with Crippen molar-refractivity contribution in [3.8, 4) is 0 Å². The van der Waals surface area contributed by atoms with E-state index in [-0.39, 0.29) is 18.5 Å². The molecule has 3 fully saturated rings. The van der Waals surface area contributed by atoms with E-state index in [0.29, 0.717) is 24.9 Å². The highest BCUT2D eigenvalue weighted by Crippen LogP contribution is 2.35. The van der Waals surface area contributed by atoms with E-state index in [4.69, 9.17) is 4.98 Å². The van der Waals surface area contributed by atoms with Crippen LogP contribution in [0.25, 0.3) is 0 Å². The maximum atomic E-state index is 12.8. The molecule has 0 radical (unpaired) electrons. The van der Waals surface area contributed by atoms with Gasteiger partial charge < -0.3 is 4.90 Å². The van der Waals surface area contributed by atoms with Crippen LogP contribution < -0.4 is 0 Å². The molecule has 0 bridgehead atoms. The lowest BCUT2D eigenvalue weighted by atomic mass is 10.0. The Morgan fingerprint density at radius 2 is 1.96 bits per heavy atom. The topological polar surface area (TPSA) is 36.4 Å². The summed E-state index contributed by atoms with van der Waals surface area (Å²) < 4.78 is 12.8. The van der Waals surface area contributed by atoms with Gasteiger partial charge in [-0.25, -0.2) is 4.98 Å². The molecule has 3 aliphatic rings. The van der Waals surface area contributed by atoms with Crippen LogP contribution >= 0.6 is 11.3 Å². The number of thiazole rings is 1. The number of nitrogens with zero attached hydrogens (tertiary/aromatic N) is 3. The molecule has 4 nitrogen and oxygen atoms in total. The van der Waals surface area contributed by atoms with Crippen LogP contribution in [-0.4, -0.2) is 53.0 Å². The minimum Gasteiger partial charge on any atom is -0.339 e. The molecule has 2 aliphatic heterocycles. The number of rotatable bonds is 5. The summed E-state index contributed by atoms with van der Waals surface area (Å²) in [6.45, 7) is 3.19. The standard InChI is InChI=1S/C19H28FN3OS/c20-10-14-9-18(24)23(11-14)17-5-7-22(8-6-17)12-16-13-25-19(21-16)15-3-1-2-4-15/h13-15,17H,1-12H2. The Bertz CT molecular complexity index is 593. The van der Waals surface area contributed by atoms with Gasteiger partial charge in [0, 0.05) is 55.9 Å². The summed E-state index contributed by atoms with van der Waals surface area (Å²) in [6.07, 6.45) is 7.73. The van der Waals surface area contributed by atoms with Crippen LogP contribution in [-0.2, 0) is 11.3 Å². The Kier molecular flexibility index (Phi) is 5.36. The molecule has 25 heavy (non-hydrogen) atoms. The van der Waals surface area contributed by atoms with E-state index in [1.165, 1.54) is 36.4 Å². The third-order valence-electron chi connectivity index (χ3n) is 6.11. The van der Waals surface area contributed by atoms with Crippen LogP contribution in [0.4, 0.5) is 4.39 Å². The van der Waals surface area contributed by atoms with E-state index >= 15 is 0 Å². The maximum absolute atomic E-state index is 12.8. The van der Waals surface area contributed by atoms with Crippen LogP contribution in [0.3, 0.4) is 0 Å². The smallest absolute Gasteiger partial charge is 0.223 e. The molecular formula is C19H28FN3OS. The molecule has 4 rings (SSSR count). The van der Waals surface area contributed by atoms with Crippen LogP contribution in [0.15, 0.2) is 5.38 Å². The van der Waals surface area contributed by atoms with Gasteiger partial charge in [0.15, 0.2) is 0 Å². The van der Waals surface area contributed by atoms with Crippen molar-refractivity contribution in [3.63, 3.8) is 0 Å². The van der Waals surface area contributed by atoms with Gasteiger partial charge in [-0.05, 0) is 25.7 Å². The lowest BCUT2D eigenvalue weighted by Crippen LogP contribution is -2.45. The van der Waals surface area contributed by atoms with Crippen LogP contribution in [0.1, 0.15) is 61.6 Å². The predicted molar refractivity (Wildman–Crippen MR) is 97.4 cm³/mol. The van der Waals surface area contributed by atoms with E-state index < -0.39 is 0 Å². The number of aromatic nitrogens is 1. The van der Waals surface area contributed by atoms with E-state index in [2.05, 4.69) is 10.3 Å². The molecule has 1 atom stereocenters. The van der Waals surface area contributed by atoms with Crippen molar-refractivity contribution in [2.45, 2.75) is 63.5 Å². The predicted octanol–water partition coefficient (Wildman–Crippen LogP) is 3.58. The molecule has 0 aromatic carbocycles. The highest BCUT2D eigenvalue weighted by molar-refractivity contribution is 7.09. The average Bonchev–Trinajstić information content (AvgIpc) is 3.36. The Hall–Kier alpha value is -1.01. The van der Waals surface area contributed by atoms with E-state index in [1.54, 1.807) is 0 Å². The first-order valence-electron chi connectivity index (χ1n) is 9.75. The van der Waals surface area contributed by atoms with Crippen molar-refractivity contribution < 1.29 is 9.18 Å². The third kappa shape index (κ3) is 3.90. The molecule has 0 N–H and O–H groups in total. The van der Waals surface area contributed by atoms with Crippen molar-refractivity contribution in [2.75, 3.05) is 26.3 Å². The minimum absolute atomic E-state index is 0.0745. The maximum Gasteiger partial charge on any atom is 0.223 e. The average molecular weight is 366 g/mol. The summed E-state index contributed by atoms with van der Waals surface area (Å²) in [4.78, 5) is 21.4. The number of carbonyl (C=O) groups excluding carboxylic acids is 1.